The van der Waals surface area contributed by atoms with E-state index in [1.807, 2.05) is 6.07 Å². The molecule has 0 amide bonds. The van der Waals surface area contributed by atoms with Gasteiger partial charge in [-0.2, -0.15) is 0 Å². The Bertz CT molecular complexity index is 4100. The maximum Gasteiger partial charge on any atom is 0.135 e. The first-order chi connectivity index (χ1) is 31.2. The molecule has 0 saturated heterocycles. The monoisotopic (exact) mass is 796 g/mol. The van der Waals surface area contributed by atoms with Crippen molar-refractivity contribution in [3.05, 3.63) is 218 Å². The Labute approximate surface area is 363 Å². The highest BCUT2D eigenvalue weighted by molar-refractivity contribution is 6.27. The van der Waals surface area contributed by atoms with Crippen molar-refractivity contribution in [1.82, 2.24) is 0 Å². The molecule has 0 saturated carbocycles. The second-order valence-electron chi connectivity index (χ2n) is 17.2. The number of fused-ring (bicyclic) bond motifs is 3. The van der Waals surface area contributed by atoms with Crippen LogP contribution in [-0.2, 0) is 0 Å². The second kappa shape index (κ2) is 13.1. The van der Waals surface area contributed by atoms with Crippen LogP contribution in [0.4, 0.5) is 0 Å². The summed E-state index contributed by atoms with van der Waals surface area (Å²) in [6.45, 7) is 0. The maximum atomic E-state index is 6.31. The van der Waals surface area contributed by atoms with Crippen LogP contribution in [0.1, 0.15) is 0 Å². The SMILES string of the molecule is c1ccc(-c2cc(-c3ccc(-c4ccc5oc6ccccc6c5c4)c(-c4ccc5ccc6cccc7ccc4c5c67)c3)cc(-c3ccc4ccc5cccc6ccc3c4c56)c2)cc1. The summed E-state index contributed by atoms with van der Waals surface area (Å²) in [4.78, 5) is 0. The van der Waals surface area contributed by atoms with Crippen molar-refractivity contribution < 1.29 is 4.42 Å². The number of hydrogen-bond acceptors (Lipinski definition) is 1. The van der Waals surface area contributed by atoms with Crippen molar-refractivity contribution in [1.29, 1.82) is 0 Å². The molecule has 13 aromatic carbocycles. The third kappa shape index (κ3) is 5.17. The minimum atomic E-state index is 0.901. The van der Waals surface area contributed by atoms with Crippen molar-refractivity contribution in [3.8, 4) is 55.6 Å². The predicted molar refractivity (Wildman–Crippen MR) is 268 cm³/mol. The molecule has 1 aromatic heterocycles. The quantitative estimate of drug-likeness (QED) is 0.158. The largest absolute Gasteiger partial charge is 0.456 e. The van der Waals surface area contributed by atoms with Gasteiger partial charge < -0.3 is 4.42 Å². The van der Waals surface area contributed by atoms with E-state index < -0.39 is 0 Å². The van der Waals surface area contributed by atoms with Crippen molar-refractivity contribution in [2.24, 2.45) is 0 Å². The standard InChI is InChI=1S/C62H36O/c1-2-8-37(9-3-1)46-32-47(34-48(33-46)50-26-20-42-18-16-38-10-6-12-40-22-29-53(50)61(42)59(38)40)44-24-27-49(45-25-31-58-56(36-45)52-14-4-5-15-57(52)63-58)55(35-44)51-28-21-43-19-17-39-11-7-13-41-23-30-54(51)62(43)60(39)41/h1-36H. The number of furan rings is 1. The van der Waals surface area contributed by atoms with Crippen LogP contribution in [0.5, 0.6) is 0 Å². The zero-order chi connectivity index (χ0) is 41.2. The fourth-order valence-corrected chi connectivity index (χ4v) is 10.8. The number of benzene rings is 13. The lowest BCUT2D eigenvalue weighted by Gasteiger charge is -2.19. The molecule has 14 aromatic rings. The third-order valence-electron chi connectivity index (χ3n) is 13.7. The first-order valence-electron chi connectivity index (χ1n) is 21.8. The summed E-state index contributed by atoms with van der Waals surface area (Å²) in [5.74, 6) is 0. The normalized spacial score (nSPS) is 12.1. The van der Waals surface area contributed by atoms with Gasteiger partial charge in [0.1, 0.15) is 11.2 Å². The molecule has 14 rings (SSSR count). The van der Waals surface area contributed by atoms with Gasteiger partial charge in [0.15, 0.2) is 0 Å². The van der Waals surface area contributed by atoms with Crippen LogP contribution < -0.4 is 0 Å². The molecule has 0 fully saturated rings. The van der Waals surface area contributed by atoms with E-state index in [0.29, 0.717) is 0 Å². The van der Waals surface area contributed by atoms with Crippen molar-refractivity contribution in [2.45, 2.75) is 0 Å². The Hall–Kier alpha value is -8.26. The van der Waals surface area contributed by atoms with Gasteiger partial charge in [-0.05, 0) is 163 Å². The molecule has 1 heterocycles. The summed E-state index contributed by atoms with van der Waals surface area (Å²) in [7, 11) is 0. The lowest BCUT2D eigenvalue weighted by Crippen LogP contribution is -1.92. The lowest BCUT2D eigenvalue weighted by molar-refractivity contribution is 0.669. The van der Waals surface area contributed by atoms with Gasteiger partial charge in [-0.3, -0.25) is 0 Å². The van der Waals surface area contributed by atoms with E-state index >= 15 is 0 Å². The molecule has 1 heteroatoms. The van der Waals surface area contributed by atoms with E-state index in [1.165, 1.54) is 115 Å². The Morgan fingerprint density at radius 3 is 1.41 bits per heavy atom. The van der Waals surface area contributed by atoms with Gasteiger partial charge in [-0.25, -0.2) is 0 Å². The van der Waals surface area contributed by atoms with Crippen LogP contribution in [-0.4, -0.2) is 0 Å². The topological polar surface area (TPSA) is 13.1 Å². The highest BCUT2D eigenvalue weighted by atomic mass is 16.3. The average molecular weight is 797 g/mol. The molecule has 0 aliphatic rings. The summed E-state index contributed by atoms with van der Waals surface area (Å²) in [6.07, 6.45) is 0. The Morgan fingerprint density at radius 1 is 0.206 bits per heavy atom. The highest BCUT2D eigenvalue weighted by Gasteiger charge is 2.19. The molecule has 0 unspecified atom stereocenters. The van der Waals surface area contributed by atoms with E-state index in [1.54, 1.807) is 0 Å². The molecule has 0 atom stereocenters. The molecular weight excluding hydrogens is 761 g/mol. The van der Waals surface area contributed by atoms with Crippen LogP contribution in [0.2, 0.25) is 0 Å². The van der Waals surface area contributed by atoms with Gasteiger partial charge in [-0.15, -0.1) is 0 Å². The van der Waals surface area contributed by atoms with E-state index in [9.17, 15) is 0 Å². The molecular formula is C62H36O. The Balaban J connectivity index is 1.03. The van der Waals surface area contributed by atoms with E-state index in [-0.39, 0.29) is 0 Å². The first kappa shape index (κ1) is 34.5. The van der Waals surface area contributed by atoms with Gasteiger partial charge in [0, 0.05) is 10.8 Å². The minimum Gasteiger partial charge on any atom is -0.456 e. The van der Waals surface area contributed by atoms with Gasteiger partial charge in [0.05, 0.1) is 0 Å². The molecule has 63 heavy (non-hydrogen) atoms. The average Bonchev–Trinajstić information content (AvgIpc) is 3.73. The highest BCUT2D eigenvalue weighted by Crippen LogP contribution is 2.46. The van der Waals surface area contributed by atoms with Crippen LogP contribution in [0.15, 0.2) is 223 Å². The number of rotatable bonds is 5. The van der Waals surface area contributed by atoms with Crippen LogP contribution in [0.25, 0.3) is 142 Å². The third-order valence-corrected chi connectivity index (χ3v) is 13.7. The summed E-state index contributed by atoms with van der Waals surface area (Å²) in [6, 6.07) is 81.0. The number of para-hydroxylation sites is 1. The molecule has 0 spiro atoms. The fraction of sp³-hybridized carbons (Fsp3) is 0. The summed E-state index contributed by atoms with van der Waals surface area (Å²) < 4.78 is 6.31. The van der Waals surface area contributed by atoms with E-state index in [2.05, 4.69) is 212 Å². The molecule has 0 radical (unpaired) electrons. The smallest absolute Gasteiger partial charge is 0.135 e. The number of hydrogen-bond donors (Lipinski definition) is 0. The van der Waals surface area contributed by atoms with Gasteiger partial charge >= 0.3 is 0 Å². The van der Waals surface area contributed by atoms with E-state index in [4.69, 9.17) is 4.42 Å². The van der Waals surface area contributed by atoms with Crippen LogP contribution >= 0.6 is 0 Å². The van der Waals surface area contributed by atoms with Crippen molar-refractivity contribution in [2.75, 3.05) is 0 Å². The van der Waals surface area contributed by atoms with Crippen molar-refractivity contribution >= 4 is 86.6 Å². The molecule has 0 aliphatic heterocycles. The van der Waals surface area contributed by atoms with E-state index in [0.717, 1.165) is 27.5 Å². The molecule has 290 valence electrons. The molecule has 0 aliphatic carbocycles. The van der Waals surface area contributed by atoms with Gasteiger partial charge in [-0.1, -0.05) is 176 Å². The van der Waals surface area contributed by atoms with Gasteiger partial charge in [0.25, 0.3) is 0 Å². The molecule has 1 nitrogen and oxygen atoms in total. The van der Waals surface area contributed by atoms with Crippen LogP contribution in [0, 0.1) is 0 Å². The van der Waals surface area contributed by atoms with Crippen molar-refractivity contribution in [3.63, 3.8) is 0 Å². The first-order valence-corrected chi connectivity index (χ1v) is 21.8. The van der Waals surface area contributed by atoms with Gasteiger partial charge in [0.2, 0.25) is 0 Å². The zero-order valence-electron chi connectivity index (χ0n) is 34.2. The lowest BCUT2D eigenvalue weighted by atomic mass is 9.85. The summed E-state index contributed by atoms with van der Waals surface area (Å²) in [5, 5.41) is 17.7. The second-order valence-corrected chi connectivity index (χ2v) is 17.2. The molecule has 0 bridgehead atoms. The Morgan fingerprint density at radius 2 is 0.714 bits per heavy atom. The Kier molecular flexibility index (Phi) is 7.17. The fourth-order valence-electron chi connectivity index (χ4n) is 10.8. The predicted octanol–water partition coefficient (Wildman–Crippen LogP) is 17.7. The summed E-state index contributed by atoms with van der Waals surface area (Å²) in [5.41, 5.74) is 13.8. The maximum absolute atomic E-state index is 6.31. The zero-order valence-corrected chi connectivity index (χ0v) is 34.2. The minimum absolute atomic E-state index is 0.901. The van der Waals surface area contributed by atoms with Crippen LogP contribution in [0.3, 0.4) is 0 Å². The molecule has 0 N–H and O–H groups in total. The summed E-state index contributed by atoms with van der Waals surface area (Å²) >= 11 is 0.